The van der Waals surface area contributed by atoms with Crippen LogP contribution in [0, 0.1) is 46.1 Å². The van der Waals surface area contributed by atoms with E-state index in [-0.39, 0.29) is 53.7 Å². The van der Waals surface area contributed by atoms with Crippen LogP contribution in [0.25, 0.3) is 21.6 Å². The van der Waals surface area contributed by atoms with E-state index in [0.717, 1.165) is 40.8 Å². The van der Waals surface area contributed by atoms with E-state index in [0.29, 0.717) is 17.4 Å². The van der Waals surface area contributed by atoms with Crippen LogP contribution < -0.4 is 20.3 Å². The Morgan fingerprint density at radius 1 is 1.14 bits per heavy atom. The van der Waals surface area contributed by atoms with Gasteiger partial charge in [-0.15, -0.1) is 0 Å². The first kappa shape index (κ1) is 41.9. The van der Waals surface area contributed by atoms with E-state index in [1.54, 1.807) is 19.0 Å². The molecular weight excluding hydrogens is 745 g/mol. The number of carbonyl (C=O) groups excluding carboxylic acids is 3. The van der Waals surface area contributed by atoms with Gasteiger partial charge in [0, 0.05) is 55.5 Å². The number of hydrogen-bond donors (Lipinski definition) is 2. The Morgan fingerprint density at radius 3 is 2.48 bits per heavy atom. The quantitative estimate of drug-likeness (QED) is 0.0339. The lowest BCUT2D eigenvalue weighted by Crippen LogP contribution is -2.62. The molecule has 7 rings (SSSR count). The van der Waals surface area contributed by atoms with Crippen molar-refractivity contribution in [2.45, 2.75) is 78.3 Å². The molecule has 2 bridgehead atoms. The molecule has 0 spiro atoms. The van der Waals surface area contributed by atoms with Gasteiger partial charge in [-0.25, -0.2) is 4.79 Å². The van der Waals surface area contributed by atoms with Crippen LogP contribution in [0.2, 0.25) is 0 Å². The Labute approximate surface area is 337 Å². The number of fused-ring (bicyclic) bond motifs is 2. The zero-order chi connectivity index (χ0) is 42.1. The van der Waals surface area contributed by atoms with Gasteiger partial charge in [0.05, 0.1) is 30.0 Å². The van der Waals surface area contributed by atoms with Crippen molar-refractivity contribution in [3.63, 3.8) is 0 Å². The molecule has 16 nitrogen and oxygen atoms in total. The Hall–Kier alpha value is -5.70. The van der Waals surface area contributed by atoms with Crippen LogP contribution in [-0.4, -0.2) is 79.9 Å². The summed E-state index contributed by atoms with van der Waals surface area (Å²) < 4.78 is 11.1. The number of nitrogens with zero attached hydrogens (tertiary/aromatic N) is 6. The first-order chi connectivity index (χ1) is 27.5. The molecule has 0 aromatic heterocycles. The van der Waals surface area contributed by atoms with Crippen LogP contribution >= 0.6 is 0 Å². The van der Waals surface area contributed by atoms with Gasteiger partial charge < -0.3 is 25.0 Å². The van der Waals surface area contributed by atoms with E-state index in [2.05, 4.69) is 41.4 Å². The smallest absolute Gasteiger partial charge is 0.430 e. The molecule has 1 aliphatic heterocycles. The number of non-ortho nitro benzene ring substituents is 1. The zero-order valence-electron chi connectivity index (χ0n) is 34.2. The molecule has 0 radical (unpaired) electrons. The van der Waals surface area contributed by atoms with Crippen molar-refractivity contribution in [1.29, 1.82) is 0 Å². The van der Waals surface area contributed by atoms with Crippen molar-refractivity contribution in [3.8, 4) is 16.9 Å². The number of rotatable bonds is 13. The molecule has 1 heterocycles. The molecule has 8 atom stereocenters. The second-order valence-corrected chi connectivity index (χ2v) is 16.5. The van der Waals surface area contributed by atoms with Crippen LogP contribution in [0.1, 0.15) is 62.0 Å². The summed E-state index contributed by atoms with van der Waals surface area (Å²) in [6, 6.07) is 15.5. The molecular formula is C42H52N8O8. The molecule has 16 heteroatoms. The second kappa shape index (κ2) is 17.0. The molecule has 3 aromatic carbocycles. The highest BCUT2D eigenvalue weighted by Gasteiger charge is 2.57. The van der Waals surface area contributed by atoms with Crippen LogP contribution in [-0.2, 0) is 20.9 Å². The SMILES string of the molecule is CNC(=O)c1cc(-c2cccc(CN3O[C@@H](CN=[N+]=[N-])[C@@H]([C@H](C)OC(=O)Oc4ccc([N+](=O)[O-])cc4)[C@H]3C(=O)N[C@H]3C[C@H]4C[C@@H]([C@@H]3C)C4(C)C)c2C)cc(N(C)C)c1. The first-order valence-electron chi connectivity index (χ1n) is 19.5. The Balaban J connectivity index is 1.33. The van der Waals surface area contributed by atoms with Crippen LogP contribution in [0.3, 0.4) is 0 Å². The predicted octanol–water partition coefficient (Wildman–Crippen LogP) is 7.20. The minimum absolute atomic E-state index is 0.0358. The van der Waals surface area contributed by atoms with Crippen molar-refractivity contribution in [1.82, 2.24) is 15.7 Å². The summed E-state index contributed by atoms with van der Waals surface area (Å²) in [4.78, 5) is 62.6. The third-order valence-electron chi connectivity index (χ3n) is 12.7. The van der Waals surface area contributed by atoms with Gasteiger partial charge in [-0.1, -0.05) is 44.1 Å². The topological polar surface area (TPSA) is 201 Å². The Morgan fingerprint density at radius 2 is 1.86 bits per heavy atom. The van der Waals surface area contributed by atoms with Crippen molar-refractivity contribution in [2.75, 3.05) is 32.6 Å². The molecule has 0 unspecified atom stereocenters. The number of azide groups is 1. The molecule has 3 saturated carbocycles. The van der Waals surface area contributed by atoms with Gasteiger partial charge in [0.15, 0.2) is 0 Å². The number of nitro benzene ring substituents is 1. The fourth-order valence-corrected chi connectivity index (χ4v) is 9.21. The predicted molar refractivity (Wildman–Crippen MR) is 217 cm³/mol. The lowest BCUT2D eigenvalue weighted by Gasteiger charge is -2.62. The molecule has 1 saturated heterocycles. The highest BCUT2D eigenvalue weighted by Crippen LogP contribution is 2.61. The highest BCUT2D eigenvalue weighted by molar-refractivity contribution is 5.96. The highest BCUT2D eigenvalue weighted by atomic mass is 16.7. The second-order valence-electron chi connectivity index (χ2n) is 16.5. The van der Waals surface area contributed by atoms with Crippen molar-refractivity contribution in [3.05, 3.63) is 97.9 Å². The number of nitro groups is 1. The van der Waals surface area contributed by atoms with Gasteiger partial charge >= 0.3 is 6.16 Å². The molecule has 58 heavy (non-hydrogen) atoms. The van der Waals surface area contributed by atoms with E-state index in [9.17, 15) is 30.0 Å². The summed E-state index contributed by atoms with van der Waals surface area (Å²) in [5.74, 6) is -0.0940. The summed E-state index contributed by atoms with van der Waals surface area (Å²) in [6.45, 7) is 10.4. The third-order valence-corrected chi connectivity index (χ3v) is 12.7. The minimum atomic E-state index is -1.08. The van der Waals surface area contributed by atoms with E-state index in [1.165, 1.54) is 24.3 Å². The number of benzene rings is 3. The number of amides is 2. The fraction of sp³-hybridized carbons (Fsp3) is 0.500. The molecule has 3 aliphatic carbocycles. The van der Waals surface area contributed by atoms with Gasteiger partial charge in [0.1, 0.15) is 17.9 Å². The lowest BCUT2D eigenvalue weighted by molar-refractivity contribution is -0.384. The number of hydrogen-bond acceptors (Lipinski definition) is 11. The molecule has 308 valence electrons. The van der Waals surface area contributed by atoms with E-state index >= 15 is 0 Å². The maximum atomic E-state index is 14.7. The molecule has 4 fully saturated rings. The normalized spacial score (nSPS) is 25.0. The maximum absolute atomic E-state index is 14.7. The zero-order valence-corrected chi connectivity index (χ0v) is 34.2. The van der Waals surface area contributed by atoms with Gasteiger partial charge in [-0.2, -0.15) is 5.06 Å². The average molecular weight is 797 g/mol. The third kappa shape index (κ3) is 8.45. The van der Waals surface area contributed by atoms with Crippen LogP contribution in [0.5, 0.6) is 5.75 Å². The summed E-state index contributed by atoms with van der Waals surface area (Å²) in [5.41, 5.74) is 14.2. The molecule has 2 N–H and O–H groups in total. The molecule has 2 amide bonds. The van der Waals surface area contributed by atoms with Crippen molar-refractivity contribution < 1.29 is 33.6 Å². The van der Waals surface area contributed by atoms with E-state index in [4.69, 9.17) is 14.3 Å². The van der Waals surface area contributed by atoms with Crippen molar-refractivity contribution in [2.24, 2.45) is 34.2 Å². The summed E-state index contributed by atoms with van der Waals surface area (Å²) in [5, 5.41) is 22.6. The van der Waals surface area contributed by atoms with Gasteiger partial charge in [-0.3, -0.25) is 24.5 Å². The molecule has 3 aromatic rings. The number of ether oxygens (including phenoxy) is 2. The Bertz CT molecular complexity index is 2100. The van der Waals surface area contributed by atoms with Crippen LogP contribution in [0.15, 0.2) is 65.8 Å². The number of nitrogens with one attached hydrogen (secondary N) is 2. The van der Waals surface area contributed by atoms with E-state index < -0.39 is 35.2 Å². The summed E-state index contributed by atoms with van der Waals surface area (Å²) >= 11 is 0. The van der Waals surface area contributed by atoms with Gasteiger partial charge in [0.25, 0.3) is 11.6 Å². The standard InChI is InChI=1S/C42H52N8O8/c1-23-26(10-9-11-33(23)27-16-28(39(51)44-6)18-31(17-27)48(7)8)22-49-38(40(52)46-35-20-29-19-34(24(35)2)42(29,4)5)37(36(58-49)21-45-47-43)25(3)56-41(53)57-32-14-12-30(13-15-32)50(54)55/h9-18,24-25,29,34-38H,19-22H2,1-8H3,(H,44,51)(H,46,52)/t24-,25-,29+,34-,35-,36-,37+,38-/m0/s1. The first-order valence-corrected chi connectivity index (χ1v) is 19.5. The number of carbonyl (C=O) groups is 3. The number of hydroxylamine groups is 2. The largest absolute Gasteiger partial charge is 0.514 e. The van der Waals surface area contributed by atoms with E-state index in [1.807, 2.05) is 62.3 Å². The fourth-order valence-electron chi connectivity index (χ4n) is 9.21. The monoisotopic (exact) mass is 796 g/mol. The summed E-state index contributed by atoms with van der Waals surface area (Å²) in [7, 11) is 5.41. The van der Waals surface area contributed by atoms with Crippen molar-refractivity contribution >= 4 is 29.3 Å². The summed E-state index contributed by atoms with van der Waals surface area (Å²) in [6.07, 6.45) is -0.944. The van der Waals surface area contributed by atoms with Gasteiger partial charge in [-0.05, 0) is 108 Å². The molecule has 4 aliphatic rings. The number of anilines is 1. The lowest BCUT2D eigenvalue weighted by atomic mass is 9.45. The maximum Gasteiger partial charge on any atom is 0.514 e. The average Bonchev–Trinajstić information content (AvgIpc) is 3.55. The Kier molecular flexibility index (Phi) is 12.3. The van der Waals surface area contributed by atoms with Gasteiger partial charge in [0.2, 0.25) is 5.91 Å². The van der Waals surface area contributed by atoms with Crippen LogP contribution in [0.4, 0.5) is 16.2 Å². The minimum Gasteiger partial charge on any atom is -0.430 e.